The molecule has 2 rings (SSSR count). The maximum atomic E-state index is 12.5. The maximum absolute atomic E-state index is 12.5. The quantitative estimate of drug-likeness (QED) is 0.870. The van der Waals surface area contributed by atoms with Crippen LogP contribution in [0.5, 0.6) is 0 Å². The van der Waals surface area contributed by atoms with Crippen LogP contribution in [-0.2, 0) is 11.2 Å². The van der Waals surface area contributed by atoms with Crippen LogP contribution in [0.1, 0.15) is 45.6 Å². The number of carbonyl (C=O) groups excluding carboxylic acids is 1. The predicted octanol–water partition coefficient (Wildman–Crippen LogP) is 3.13. The lowest BCUT2D eigenvalue weighted by Gasteiger charge is -2.24. The minimum atomic E-state index is -0.0390. The number of aromatic nitrogens is 2. The second kappa shape index (κ2) is 5.97. The minimum Gasteiger partial charge on any atom is -0.361 e. The van der Waals surface area contributed by atoms with Gasteiger partial charge in [0.1, 0.15) is 5.76 Å². The molecule has 2 heterocycles. The summed E-state index contributed by atoms with van der Waals surface area (Å²) in [7, 11) is 1.82. The molecule has 0 aliphatic rings. The van der Waals surface area contributed by atoms with Crippen LogP contribution in [0.3, 0.4) is 0 Å². The van der Waals surface area contributed by atoms with E-state index in [1.165, 1.54) is 0 Å². The third-order valence-electron chi connectivity index (χ3n) is 3.82. The second-order valence-electron chi connectivity index (χ2n) is 5.33. The average Bonchev–Trinajstić information content (AvgIpc) is 2.92. The summed E-state index contributed by atoms with van der Waals surface area (Å²) in [6.45, 7) is 9.73. The fraction of sp³-hybridized carbons (Fsp3) is 0.533. The topological polar surface area (TPSA) is 59.2 Å². The van der Waals surface area contributed by atoms with Crippen molar-refractivity contribution in [2.24, 2.45) is 0 Å². The van der Waals surface area contributed by atoms with E-state index in [1.54, 1.807) is 16.2 Å². The summed E-state index contributed by atoms with van der Waals surface area (Å²) < 4.78 is 5.11. The molecule has 0 radical (unpaired) electrons. The Hall–Kier alpha value is -1.69. The van der Waals surface area contributed by atoms with Crippen molar-refractivity contribution in [1.29, 1.82) is 0 Å². The van der Waals surface area contributed by atoms with Crippen LogP contribution in [0.2, 0.25) is 0 Å². The fourth-order valence-corrected chi connectivity index (χ4v) is 3.27. The number of carbonyl (C=O) groups is 1. The van der Waals surface area contributed by atoms with E-state index in [-0.39, 0.29) is 11.9 Å². The van der Waals surface area contributed by atoms with Crippen molar-refractivity contribution in [3.05, 3.63) is 32.6 Å². The molecule has 2 aromatic heterocycles. The third kappa shape index (κ3) is 3.15. The zero-order chi connectivity index (χ0) is 15.7. The molecule has 114 valence electrons. The molecule has 5 nitrogen and oxygen atoms in total. The van der Waals surface area contributed by atoms with E-state index in [4.69, 9.17) is 4.52 Å². The van der Waals surface area contributed by atoms with E-state index in [0.717, 1.165) is 26.8 Å². The Morgan fingerprint density at radius 3 is 2.48 bits per heavy atom. The largest absolute Gasteiger partial charge is 0.361 e. The second-order valence-corrected chi connectivity index (χ2v) is 6.74. The van der Waals surface area contributed by atoms with Crippen molar-refractivity contribution in [3.63, 3.8) is 0 Å². The molecule has 0 aliphatic heterocycles. The van der Waals surface area contributed by atoms with Crippen LogP contribution in [0.15, 0.2) is 4.52 Å². The zero-order valence-electron chi connectivity index (χ0n) is 13.4. The number of hydrogen-bond donors (Lipinski definition) is 0. The molecule has 6 heteroatoms. The van der Waals surface area contributed by atoms with E-state index in [0.29, 0.717) is 12.2 Å². The van der Waals surface area contributed by atoms with Crippen LogP contribution in [0, 0.1) is 27.7 Å². The first-order chi connectivity index (χ1) is 9.81. The molecular formula is C15H21N3O2S. The molecule has 0 fully saturated rings. The average molecular weight is 307 g/mol. The molecule has 0 saturated carbocycles. The summed E-state index contributed by atoms with van der Waals surface area (Å²) in [5, 5.41) is 4.92. The minimum absolute atomic E-state index is 0.0390. The Morgan fingerprint density at radius 1 is 1.33 bits per heavy atom. The third-order valence-corrected chi connectivity index (χ3v) is 4.72. The van der Waals surface area contributed by atoms with Gasteiger partial charge < -0.3 is 9.42 Å². The predicted molar refractivity (Wildman–Crippen MR) is 82.5 cm³/mol. The van der Waals surface area contributed by atoms with Gasteiger partial charge in [0.25, 0.3) is 0 Å². The van der Waals surface area contributed by atoms with Gasteiger partial charge >= 0.3 is 0 Å². The highest BCUT2D eigenvalue weighted by atomic mass is 32.1. The normalized spacial score (nSPS) is 12.5. The number of aryl methyl sites for hydroxylation is 4. The van der Waals surface area contributed by atoms with Gasteiger partial charge in [-0.15, -0.1) is 11.3 Å². The van der Waals surface area contributed by atoms with Gasteiger partial charge in [-0.05, 0) is 34.6 Å². The Balaban J connectivity index is 2.14. The molecule has 21 heavy (non-hydrogen) atoms. The molecule has 0 unspecified atom stereocenters. The molecule has 1 atom stereocenters. The summed E-state index contributed by atoms with van der Waals surface area (Å²) in [6, 6.07) is -0.0390. The first-order valence-corrected chi connectivity index (χ1v) is 7.74. The van der Waals surface area contributed by atoms with Gasteiger partial charge in [0.2, 0.25) is 5.91 Å². The van der Waals surface area contributed by atoms with Gasteiger partial charge in [-0.25, -0.2) is 4.98 Å². The SMILES string of the molecule is Cc1nc([C@@H](C)N(C)C(=O)Cc2c(C)noc2C)c(C)s1. The van der Waals surface area contributed by atoms with Crippen LogP contribution in [-0.4, -0.2) is 28.0 Å². The van der Waals surface area contributed by atoms with E-state index >= 15 is 0 Å². The smallest absolute Gasteiger partial charge is 0.227 e. The molecule has 0 aromatic carbocycles. The monoisotopic (exact) mass is 307 g/mol. The summed E-state index contributed by atoms with van der Waals surface area (Å²) in [5.41, 5.74) is 2.64. The highest BCUT2D eigenvalue weighted by Gasteiger charge is 2.23. The molecular weight excluding hydrogens is 286 g/mol. The highest BCUT2D eigenvalue weighted by molar-refractivity contribution is 7.11. The standard InChI is InChI=1S/C15H21N3O2S/c1-8-13(10(3)20-17-8)7-14(19)18(6)9(2)15-11(4)21-12(5)16-15/h9H,7H2,1-6H3/t9-/m1/s1. The van der Waals surface area contributed by atoms with Gasteiger partial charge in [0, 0.05) is 17.5 Å². The number of hydrogen-bond acceptors (Lipinski definition) is 5. The number of thiazole rings is 1. The molecule has 0 saturated heterocycles. The van der Waals surface area contributed by atoms with E-state index < -0.39 is 0 Å². The van der Waals surface area contributed by atoms with Crippen molar-refractivity contribution >= 4 is 17.2 Å². The lowest BCUT2D eigenvalue weighted by atomic mass is 10.1. The van der Waals surface area contributed by atoms with E-state index in [9.17, 15) is 4.79 Å². The Morgan fingerprint density at radius 2 is 2.00 bits per heavy atom. The van der Waals surface area contributed by atoms with Crippen LogP contribution >= 0.6 is 11.3 Å². The number of rotatable bonds is 4. The van der Waals surface area contributed by atoms with Crippen molar-refractivity contribution in [3.8, 4) is 0 Å². The number of likely N-dealkylation sites (N-methyl/N-ethyl adjacent to an activating group) is 1. The molecule has 0 spiro atoms. The molecule has 0 bridgehead atoms. The van der Waals surface area contributed by atoms with Gasteiger partial charge in [-0.2, -0.15) is 0 Å². The number of amides is 1. The lowest BCUT2D eigenvalue weighted by molar-refractivity contribution is -0.131. The molecule has 1 amide bonds. The Kier molecular flexibility index (Phi) is 4.46. The first-order valence-electron chi connectivity index (χ1n) is 6.92. The van der Waals surface area contributed by atoms with Gasteiger partial charge in [0.05, 0.1) is 28.9 Å². The van der Waals surface area contributed by atoms with Crippen molar-refractivity contribution in [2.45, 2.75) is 47.1 Å². The first kappa shape index (κ1) is 15.7. The Labute approximate surface area is 129 Å². The molecule has 2 aromatic rings. The maximum Gasteiger partial charge on any atom is 0.227 e. The number of nitrogens with zero attached hydrogens (tertiary/aromatic N) is 3. The molecule has 0 N–H and O–H groups in total. The van der Waals surface area contributed by atoms with E-state index in [2.05, 4.69) is 10.1 Å². The zero-order valence-corrected chi connectivity index (χ0v) is 14.2. The van der Waals surface area contributed by atoms with Gasteiger partial charge in [-0.3, -0.25) is 4.79 Å². The summed E-state index contributed by atoms with van der Waals surface area (Å²) >= 11 is 1.66. The van der Waals surface area contributed by atoms with Crippen LogP contribution < -0.4 is 0 Å². The fourth-order valence-electron chi connectivity index (χ4n) is 2.36. The van der Waals surface area contributed by atoms with Crippen molar-refractivity contribution in [2.75, 3.05) is 7.05 Å². The summed E-state index contributed by atoms with van der Waals surface area (Å²) in [6.07, 6.45) is 0.310. The van der Waals surface area contributed by atoms with Crippen LogP contribution in [0.25, 0.3) is 0 Å². The Bertz CT molecular complexity index is 640. The van der Waals surface area contributed by atoms with Crippen molar-refractivity contribution in [1.82, 2.24) is 15.0 Å². The van der Waals surface area contributed by atoms with E-state index in [1.807, 2.05) is 41.7 Å². The summed E-state index contributed by atoms with van der Waals surface area (Å²) in [4.78, 5) is 19.9. The van der Waals surface area contributed by atoms with Gasteiger partial charge in [-0.1, -0.05) is 5.16 Å². The van der Waals surface area contributed by atoms with Crippen LogP contribution in [0.4, 0.5) is 0 Å². The van der Waals surface area contributed by atoms with Crippen molar-refractivity contribution < 1.29 is 9.32 Å². The van der Waals surface area contributed by atoms with Gasteiger partial charge in [0.15, 0.2) is 0 Å². The summed E-state index contributed by atoms with van der Waals surface area (Å²) in [5.74, 6) is 0.754. The lowest BCUT2D eigenvalue weighted by Crippen LogP contribution is -2.31. The molecule has 0 aliphatic carbocycles. The highest BCUT2D eigenvalue weighted by Crippen LogP contribution is 2.26.